The lowest BCUT2D eigenvalue weighted by molar-refractivity contribution is 0.462. The summed E-state index contributed by atoms with van der Waals surface area (Å²) >= 11 is 5.85. The topological polar surface area (TPSA) is 79.1 Å². The first-order valence-corrected chi connectivity index (χ1v) is 6.15. The number of aromatic amines is 1. The normalized spacial score (nSPS) is 11.9. The first-order chi connectivity index (χ1) is 9.63. The highest BCUT2D eigenvalue weighted by atomic mass is 35.5. The Hall–Kier alpha value is -2.53. The maximum atomic E-state index is 11.9. The average molecular weight is 289 g/mol. The lowest BCUT2D eigenvalue weighted by Crippen LogP contribution is -2.12. The third kappa shape index (κ3) is 2.31. The zero-order chi connectivity index (χ0) is 14.1. The second kappa shape index (κ2) is 4.86. The first kappa shape index (κ1) is 12.5. The van der Waals surface area contributed by atoms with Crippen LogP contribution in [0.2, 0.25) is 5.02 Å². The molecule has 0 aliphatic heterocycles. The SMILES string of the molecule is O=c1[nH]c2cc(Cl)ccc2nc1/C=C(\O)c1ccco1. The molecule has 0 saturated carbocycles. The van der Waals surface area contributed by atoms with Crippen LogP contribution >= 0.6 is 11.6 Å². The van der Waals surface area contributed by atoms with Crippen molar-refractivity contribution in [3.8, 4) is 0 Å². The number of aromatic nitrogens is 2. The molecule has 0 aliphatic carbocycles. The summed E-state index contributed by atoms with van der Waals surface area (Å²) in [4.78, 5) is 18.7. The van der Waals surface area contributed by atoms with Gasteiger partial charge in [0.25, 0.3) is 5.56 Å². The second-order valence-corrected chi connectivity index (χ2v) is 4.56. The molecule has 100 valence electrons. The van der Waals surface area contributed by atoms with E-state index >= 15 is 0 Å². The van der Waals surface area contributed by atoms with Crippen molar-refractivity contribution in [3.05, 3.63) is 63.4 Å². The molecule has 20 heavy (non-hydrogen) atoms. The fraction of sp³-hybridized carbons (Fsp3) is 0. The van der Waals surface area contributed by atoms with Crippen LogP contribution in [0.4, 0.5) is 0 Å². The van der Waals surface area contributed by atoms with Gasteiger partial charge in [-0.25, -0.2) is 4.98 Å². The van der Waals surface area contributed by atoms with E-state index in [2.05, 4.69) is 9.97 Å². The van der Waals surface area contributed by atoms with Crippen LogP contribution in [-0.4, -0.2) is 15.1 Å². The maximum Gasteiger partial charge on any atom is 0.274 e. The quantitative estimate of drug-likeness (QED) is 0.710. The molecule has 0 unspecified atom stereocenters. The van der Waals surface area contributed by atoms with Crippen molar-refractivity contribution in [3.63, 3.8) is 0 Å². The fourth-order valence-electron chi connectivity index (χ4n) is 1.80. The van der Waals surface area contributed by atoms with Gasteiger partial charge in [-0.1, -0.05) is 11.6 Å². The molecule has 2 N–H and O–H groups in total. The van der Waals surface area contributed by atoms with Gasteiger partial charge in [-0.2, -0.15) is 0 Å². The summed E-state index contributed by atoms with van der Waals surface area (Å²) in [6.07, 6.45) is 2.69. The van der Waals surface area contributed by atoms with Crippen molar-refractivity contribution in [2.24, 2.45) is 0 Å². The minimum Gasteiger partial charge on any atom is -0.504 e. The lowest BCUT2D eigenvalue weighted by atomic mass is 10.2. The summed E-state index contributed by atoms with van der Waals surface area (Å²) in [6.45, 7) is 0. The zero-order valence-corrected chi connectivity index (χ0v) is 10.9. The van der Waals surface area contributed by atoms with Crippen molar-refractivity contribution in [1.29, 1.82) is 0 Å². The van der Waals surface area contributed by atoms with Crippen LogP contribution in [0.15, 0.2) is 45.8 Å². The molecule has 3 rings (SSSR count). The summed E-state index contributed by atoms with van der Waals surface area (Å²) < 4.78 is 5.03. The van der Waals surface area contributed by atoms with Crippen LogP contribution in [0, 0.1) is 0 Å². The Morgan fingerprint density at radius 2 is 2.25 bits per heavy atom. The number of hydrogen-bond donors (Lipinski definition) is 2. The van der Waals surface area contributed by atoms with Gasteiger partial charge in [-0.15, -0.1) is 0 Å². The maximum absolute atomic E-state index is 11.9. The molecule has 0 fully saturated rings. The molecule has 0 radical (unpaired) electrons. The number of halogens is 1. The predicted molar refractivity (Wildman–Crippen MR) is 76.6 cm³/mol. The van der Waals surface area contributed by atoms with Crippen LogP contribution < -0.4 is 5.56 Å². The van der Waals surface area contributed by atoms with E-state index in [4.69, 9.17) is 16.0 Å². The van der Waals surface area contributed by atoms with Gasteiger partial charge in [0.05, 0.1) is 17.3 Å². The molecule has 0 amide bonds. The van der Waals surface area contributed by atoms with Gasteiger partial charge >= 0.3 is 0 Å². The second-order valence-electron chi connectivity index (χ2n) is 4.12. The lowest BCUT2D eigenvalue weighted by Gasteiger charge is -2.00. The van der Waals surface area contributed by atoms with Crippen molar-refractivity contribution in [2.45, 2.75) is 0 Å². The molecule has 2 heterocycles. The fourth-order valence-corrected chi connectivity index (χ4v) is 1.97. The summed E-state index contributed by atoms with van der Waals surface area (Å²) in [7, 11) is 0. The van der Waals surface area contributed by atoms with Crippen molar-refractivity contribution in [2.75, 3.05) is 0 Å². The van der Waals surface area contributed by atoms with Gasteiger partial charge in [0, 0.05) is 11.1 Å². The van der Waals surface area contributed by atoms with E-state index in [0.29, 0.717) is 16.1 Å². The van der Waals surface area contributed by atoms with Gasteiger partial charge < -0.3 is 14.5 Å². The Kier molecular flexibility index (Phi) is 3.04. The molecule has 0 saturated heterocycles. The minimum atomic E-state index is -0.419. The highest BCUT2D eigenvalue weighted by Crippen LogP contribution is 2.17. The summed E-state index contributed by atoms with van der Waals surface area (Å²) in [5.41, 5.74) is 0.788. The highest BCUT2D eigenvalue weighted by molar-refractivity contribution is 6.31. The Balaban J connectivity index is 2.13. The van der Waals surface area contributed by atoms with Crippen LogP contribution in [0.5, 0.6) is 0 Å². The largest absolute Gasteiger partial charge is 0.504 e. The number of aliphatic hydroxyl groups is 1. The van der Waals surface area contributed by atoms with Crippen LogP contribution in [0.3, 0.4) is 0 Å². The molecule has 0 aliphatic rings. The standard InChI is InChI=1S/C14H9ClN2O3/c15-8-3-4-9-10(6-8)17-14(19)11(16-9)7-12(18)13-2-1-5-20-13/h1-7,18H,(H,17,19)/b12-7-. The zero-order valence-electron chi connectivity index (χ0n) is 10.1. The van der Waals surface area contributed by atoms with Gasteiger partial charge in [-0.3, -0.25) is 4.79 Å². The molecule has 0 spiro atoms. The van der Waals surface area contributed by atoms with E-state index in [0.717, 1.165) is 0 Å². The van der Waals surface area contributed by atoms with Crippen LogP contribution in [-0.2, 0) is 0 Å². The number of furan rings is 1. The van der Waals surface area contributed by atoms with E-state index in [1.54, 1.807) is 30.3 Å². The molecule has 3 aromatic rings. The number of hydrogen-bond acceptors (Lipinski definition) is 4. The number of nitrogens with one attached hydrogen (secondary N) is 1. The van der Waals surface area contributed by atoms with Crippen LogP contribution in [0.25, 0.3) is 22.9 Å². The number of benzene rings is 1. The van der Waals surface area contributed by atoms with E-state index in [9.17, 15) is 9.90 Å². The van der Waals surface area contributed by atoms with E-state index in [-0.39, 0.29) is 17.2 Å². The molecule has 1 aromatic carbocycles. The van der Waals surface area contributed by atoms with E-state index < -0.39 is 5.56 Å². The molecule has 6 heteroatoms. The summed E-state index contributed by atoms with van der Waals surface area (Å²) in [5.74, 6) is 0.101. The number of nitrogens with zero attached hydrogens (tertiary/aromatic N) is 1. The Morgan fingerprint density at radius 1 is 1.40 bits per heavy atom. The van der Waals surface area contributed by atoms with Gasteiger partial charge in [0.15, 0.2) is 11.5 Å². The van der Waals surface area contributed by atoms with Gasteiger partial charge in [-0.05, 0) is 30.3 Å². The molecule has 5 nitrogen and oxygen atoms in total. The summed E-state index contributed by atoms with van der Waals surface area (Å²) in [6, 6.07) is 8.20. The third-order valence-electron chi connectivity index (χ3n) is 2.73. The molecular weight excluding hydrogens is 280 g/mol. The Morgan fingerprint density at radius 3 is 3.00 bits per heavy atom. The number of aliphatic hydroxyl groups excluding tert-OH is 1. The Bertz CT molecular complexity index is 850. The van der Waals surface area contributed by atoms with Gasteiger partial charge in [0.1, 0.15) is 5.69 Å². The molecule has 0 bridgehead atoms. The van der Waals surface area contributed by atoms with Crippen molar-refractivity contribution >= 4 is 34.5 Å². The highest BCUT2D eigenvalue weighted by Gasteiger charge is 2.07. The van der Waals surface area contributed by atoms with Crippen molar-refractivity contribution < 1.29 is 9.52 Å². The van der Waals surface area contributed by atoms with Crippen molar-refractivity contribution in [1.82, 2.24) is 9.97 Å². The number of fused-ring (bicyclic) bond motifs is 1. The monoisotopic (exact) mass is 288 g/mol. The first-order valence-electron chi connectivity index (χ1n) is 5.77. The minimum absolute atomic E-state index is 0.0914. The van der Waals surface area contributed by atoms with Gasteiger partial charge in [0.2, 0.25) is 0 Å². The summed E-state index contributed by atoms with van der Waals surface area (Å²) in [5, 5.41) is 10.4. The van der Waals surface area contributed by atoms with E-state index in [1.165, 1.54) is 12.3 Å². The number of H-pyrrole nitrogens is 1. The molecular formula is C14H9ClN2O3. The predicted octanol–water partition coefficient (Wildman–Crippen LogP) is 3.23. The Labute approximate surface area is 118 Å². The molecule has 0 atom stereocenters. The number of rotatable bonds is 2. The average Bonchev–Trinajstić information content (AvgIpc) is 2.94. The molecule has 2 aromatic heterocycles. The smallest absolute Gasteiger partial charge is 0.274 e. The van der Waals surface area contributed by atoms with E-state index in [1.807, 2.05) is 0 Å². The third-order valence-corrected chi connectivity index (χ3v) is 2.96. The van der Waals surface area contributed by atoms with Crippen LogP contribution in [0.1, 0.15) is 11.5 Å².